The third-order valence-corrected chi connectivity index (χ3v) is 3.12. The molecule has 0 aliphatic carbocycles. The summed E-state index contributed by atoms with van der Waals surface area (Å²) in [6.07, 6.45) is -6.37. The maximum Gasteiger partial charge on any atom is 0.450 e. The molecule has 2 aromatic rings. The molecule has 0 atom stereocenters. The number of rotatable bonds is 1. The van der Waals surface area contributed by atoms with E-state index in [4.69, 9.17) is 33.2 Å². The summed E-state index contributed by atoms with van der Waals surface area (Å²) in [4.78, 5) is 14.9. The van der Waals surface area contributed by atoms with Crippen molar-refractivity contribution in [3.05, 3.63) is 46.0 Å². The second-order valence-corrected chi connectivity index (χ2v) is 4.57. The molecule has 0 radical (unpaired) electrons. The van der Waals surface area contributed by atoms with Crippen molar-refractivity contribution in [2.75, 3.05) is 0 Å². The number of alkyl halides is 3. The zero-order valence-corrected chi connectivity index (χ0v) is 11.9. The van der Waals surface area contributed by atoms with Crippen LogP contribution in [0.5, 0.6) is 5.75 Å². The Morgan fingerprint density at radius 1 is 1.27 bits per heavy atom. The monoisotopic (exact) mass is 349 g/mol. The van der Waals surface area contributed by atoms with Crippen molar-refractivity contribution in [1.29, 1.82) is 5.26 Å². The average molecular weight is 350 g/mol. The number of imidazole rings is 1. The smallest absolute Gasteiger partial charge is 0.410 e. The van der Waals surface area contributed by atoms with Crippen LogP contribution >= 0.6 is 23.2 Å². The maximum atomic E-state index is 12.8. The lowest BCUT2D eigenvalue weighted by Crippen LogP contribution is -2.24. The number of ether oxygens (including phenoxy) is 1. The van der Waals surface area contributed by atoms with Crippen molar-refractivity contribution >= 4 is 29.3 Å². The van der Waals surface area contributed by atoms with Gasteiger partial charge in [-0.25, -0.2) is 14.3 Å². The highest BCUT2D eigenvalue weighted by Crippen LogP contribution is 2.34. The number of nitriles is 1. The van der Waals surface area contributed by atoms with Crippen LogP contribution in [0.2, 0.25) is 10.3 Å². The van der Waals surface area contributed by atoms with Gasteiger partial charge in [-0.1, -0.05) is 23.2 Å². The molecule has 114 valence electrons. The van der Waals surface area contributed by atoms with Crippen LogP contribution in [0.1, 0.15) is 11.4 Å². The minimum atomic E-state index is -4.94. The Balaban J connectivity index is 2.35. The first-order valence-corrected chi connectivity index (χ1v) is 6.23. The lowest BCUT2D eigenvalue weighted by molar-refractivity contribution is -0.146. The normalized spacial score (nSPS) is 11.1. The molecule has 22 heavy (non-hydrogen) atoms. The van der Waals surface area contributed by atoms with E-state index in [1.807, 2.05) is 6.07 Å². The summed E-state index contributed by atoms with van der Waals surface area (Å²) in [5, 5.41) is 7.24. The van der Waals surface area contributed by atoms with Gasteiger partial charge in [-0.2, -0.15) is 18.4 Å². The summed E-state index contributed by atoms with van der Waals surface area (Å²) < 4.78 is 43.2. The predicted octanol–water partition coefficient (Wildman–Crippen LogP) is 4.13. The summed E-state index contributed by atoms with van der Waals surface area (Å²) >= 11 is 11.0. The van der Waals surface area contributed by atoms with Crippen molar-refractivity contribution in [3.63, 3.8) is 0 Å². The quantitative estimate of drug-likeness (QED) is 0.776. The van der Waals surface area contributed by atoms with E-state index in [2.05, 4.69) is 4.98 Å². The third-order valence-electron chi connectivity index (χ3n) is 2.41. The minimum absolute atomic E-state index is 0.0160. The standard InChI is InChI=1S/C12H4Cl2F3N3O2/c13-8-9(14)20(10(19-8)12(15,16)17)11(21)22-7-3-1-6(5-18)2-4-7/h1-4H. The van der Waals surface area contributed by atoms with Crippen LogP contribution in [0.25, 0.3) is 0 Å². The fourth-order valence-electron chi connectivity index (χ4n) is 1.48. The molecule has 0 unspecified atom stereocenters. The highest BCUT2D eigenvalue weighted by molar-refractivity contribution is 6.41. The zero-order valence-electron chi connectivity index (χ0n) is 10.4. The van der Waals surface area contributed by atoms with Gasteiger partial charge in [0.2, 0.25) is 5.82 Å². The molecule has 0 aliphatic rings. The molecular formula is C12H4Cl2F3N3O2. The van der Waals surface area contributed by atoms with Crippen molar-refractivity contribution < 1.29 is 22.7 Å². The lowest BCUT2D eigenvalue weighted by Gasteiger charge is -2.10. The molecule has 0 amide bonds. The number of aromatic nitrogens is 2. The number of carbonyl (C=O) groups excluding carboxylic acids is 1. The SMILES string of the molecule is N#Cc1ccc(OC(=O)n2c(C(F)(F)F)nc(Cl)c2Cl)cc1. The van der Waals surface area contributed by atoms with Crippen LogP contribution < -0.4 is 4.74 Å². The van der Waals surface area contributed by atoms with E-state index in [9.17, 15) is 18.0 Å². The fraction of sp³-hybridized carbons (Fsp3) is 0.0833. The van der Waals surface area contributed by atoms with Crippen LogP contribution in [0.4, 0.5) is 18.0 Å². The van der Waals surface area contributed by atoms with Crippen molar-refractivity contribution in [3.8, 4) is 11.8 Å². The largest absolute Gasteiger partial charge is 0.450 e. The second-order valence-electron chi connectivity index (χ2n) is 3.85. The van der Waals surface area contributed by atoms with Crippen molar-refractivity contribution in [2.45, 2.75) is 6.18 Å². The number of hydrogen-bond acceptors (Lipinski definition) is 4. The zero-order chi connectivity index (χ0) is 16.5. The summed E-state index contributed by atoms with van der Waals surface area (Å²) in [6.45, 7) is 0. The molecule has 1 aromatic carbocycles. The molecule has 10 heteroatoms. The van der Waals surface area contributed by atoms with E-state index in [1.165, 1.54) is 24.3 Å². The molecule has 0 N–H and O–H groups in total. The predicted molar refractivity (Wildman–Crippen MR) is 69.8 cm³/mol. The lowest BCUT2D eigenvalue weighted by atomic mass is 10.2. The van der Waals surface area contributed by atoms with Crippen LogP contribution in [0.3, 0.4) is 0 Å². The minimum Gasteiger partial charge on any atom is -0.410 e. The highest BCUT2D eigenvalue weighted by Gasteiger charge is 2.41. The highest BCUT2D eigenvalue weighted by atomic mass is 35.5. The first-order chi connectivity index (χ1) is 10.2. The number of halogens is 5. The van der Waals surface area contributed by atoms with Gasteiger partial charge in [-0.15, -0.1) is 0 Å². The Hall–Kier alpha value is -2.24. The summed E-state index contributed by atoms with van der Waals surface area (Å²) in [5.41, 5.74) is 0.291. The van der Waals surface area contributed by atoms with E-state index in [0.717, 1.165) is 0 Å². The topological polar surface area (TPSA) is 67.9 Å². The van der Waals surface area contributed by atoms with Gasteiger partial charge in [0.1, 0.15) is 5.75 Å². The van der Waals surface area contributed by atoms with Crippen LogP contribution in [0, 0.1) is 11.3 Å². The Kier molecular flexibility index (Phi) is 4.30. The number of carbonyl (C=O) groups is 1. The summed E-state index contributed by atoms with van der Waals surface area (Å²) in [6, 6.07) is 6.99. The van der Waals surface area contributed by atoms with Gasteiger partial charge >= 0.3 is 12.3 Å². The van der Waals surface area contributed by atoms with Gasteiger partial charge in [0.05, 0.1) is 11.6 Å². The summed E-state index contributed by atoms with van der Waals surface area (Å²) in [7, 11) is 0. The van der Waals surface area contributed by atoms with Crippen molar-refractivity contribution in [2.24, 2.45) is 0 Å². The molecule has 0 aliphatic heterocycles. The molecule has 2 rings (SSSR count). The van der Waals surface area contributed by atoms with Crippen LogP contribution in [0.15, 0.2) is 24.3 Å². The molecule has 5 nitrogen and oxygen atoms in total. The van der Waals surface area contributed by atoms with Gasteiger partial charge in [-0.3, -0.25) is 0 Å². The Morgan fingerprint density at radius 3 is 2.36 bits per heavy atom. The van der Waals surface area contributed by atoms with E-state index < -0.39 is 28.4 Å². The molecule has 0 bridgehead atoms. The average Bonchev–Trinajstić information content (AvgIpc) is 2.76. The molecular weight excluding hydrogens is 346 g/mol. The van der Waals surface area contributed by atoms with Gasteiger partial charge in [0.25, 0.3) is 0 Å². The van der Waals surface area contributed by atoms with Crippen LogP contribution in [-0.2, 0) is 6.18 Å². The third kappa shape index (κ3) is 3.16. The Labute approximate surface area is 131 Å². The van der Waals surface area contributed by atoms with E-state index in [1.54, 1.807) is 0 Å². The van der Waals surface area contributed by atoms with Crippen LogP contribution in [-0.4, -0.2) is 15.6 Å². The van der Waals surface area contributed by atoms with Crippen molar-refractivity contribution in [1.82, 2.24) is 9.55 Å². The molecule has 0 saturated heterocycles. The first kappa shape index (κ1) is 16.1. The molecule has 0 spiro atoms. The second kappa shape index (κ2) is 5.87. The number of nitrogens with zero attached hydrogens (tertiary/aromatic N) is 3. The molecule has 1 aromatic heterocycles. The number of hydrogen-bond donors (Lipinski definition) is 0. The first-order valence-electron chi connectivity index (χ1n) is 5.47. The fourth-order valence-corrected chi connectivity index (χ4v) is 1.83. The summed E-state index contributed by atoms with van der Waals surface area (Å²) in [5.74, 6) is -1.67. The maximum absolute atomic E-state index is 12.8. The molecule has 0 saturated carbocycles. The van der Waals surface area contributed by atoms with Gasteiger partial charge in [-0.05, 0) is 24.3 Å². The van der Waals surface area contributed by atoms with E-state index >= 15 is 0 Å². The number of benzene rings is 1. The van der Waals surface area contributed by atoms with Gasteiger partial charge < -0.3 is 4.74 Å². The van der Waals surface area contributed by atoms with E-state index in [-0.39, 0.29) is 10.3 Å². The van der Waals surface area contributed by atoms with E-state index in [0.29, 0.717) is 5.56 Å². The molecule has 0 fully saturated rings. The Bertz CT molecular complexity index is 764. The van der Waals surface area contributed by atoms with Gasteiger partial charge in [0, 0.05) is 0 Å². The Morgan fingerprint density at radius 2 is 1.86 bits per heavy atom. The van der Waals surface area contributed by atoms with Gasteiger partial charge in [0.15, 0.2) is 10.3 Å². The molecule has 1 heterocycles.